The van der Waals surface area contributed by atoms with Crippen molar-refractivity contribution in [2.75, 3.05) is 12.9 Å². The first-order valence-corrected chi connectivity index (χ1v) is 13.2. The number of hydrogen-bond donors (Lipinski definition) is 3. The lowest BCUT2D eigenvalue weighted by Gasteiger charge is -2.18. The Kier molecular flexibility index (Phi) is 8.46. The molecule has 4 aromatic rings. The van der Waals surface area contributed by atoms with Crippen LogP contribution in [0.4, 0.5) is 0 Å². The highest BCUT2D eigenvalue weighted by molar-refractivity contribution is 7.99. The minimum Gasteiger partial charge on any atom is -0.497 e. The standard InChI is InChI=1S/C29H29N5O4S/c1-29(2,3)21-11-9-19(10-12-21)26-32-33-28(34(26)22-13-15-23(38-4)16-14-22)39-18-25(35)31-30-17-20-7-5-6-8-24(20)27(36)37/h5-17H,18H2,1-4H3,(H2,31,35,36,37)/p+1. The van der Waals surface area contributed by atoms with Crippen LogP contribution in [0.2, 0.25) is 0 Å². The Balaban J connectivity index is 1.55. The van der Waals surface area contributed by atoms with E-state index in [-0.39, 0.29) is 22.6 Å². The summed E-state index contributed by atoms with van der Waals surface area (Å²) in [6, 6.07) is 22.3. The van der Waals surface area contributed by atoms with Crippen molar-refractivity contribution in [1.29, 1.82) is 0 Å². The molecule has 0 aliphatic heterocycles. The third-order valence-electron chi connectivity index (χ3n) is 5.94. The molecule has 200 valence electrons. The molecule has 9 nitrogen and oxygen atoms in total. The zero-order chi connectivity index (χ0) is 28.0. The zero-order valence-corrected chi connectivity index (χ0v) is 23.0. The summed E-state index contributed by atoms with van der Waals surface area (Å²) in [5, 5.41) is 21.4. The molecule has 1 aromatic heterocycles. The van der Waals surface area contributed by atoms with E-state index in [4.69, 9.17) is 4.74 Å². The Hall–Kier alpha value is -4.44. The smallest absolute Gasteiger partial charge is 0.342 e. The third kappa shape index (κ3) is 6.71. The SMILES string of the molecule is COc1ccc(-[n+]2c(SCC(=O)NN=Cc3ccccc3C(=O)O)n[nH]c2-c2ccc(C(C)(C)C)cc2)cc1. The van der Waals surface area contributed by atoms with Gasteiger partial charge in [0.15, 0.2) is 0 Å². The normalized spacial score (nSPS) is 11.5. The van der Waals surface area contributed by atoms with Gasteiger partial charge >= 0.3 is 11.1 Å². The number of thioether (sulfide) groups is 1. The maximum atomic E-state index is 12.5. The topological polar surface area (TPSA) is 121 Å². The Bertz CT molecular complexity index is 1490. The third-order valence-corrected chi connectivity index (χ3v) is 6.88. The van der Waals surface area contributed by atoms with Crippen LogP contribution in [0.5, 0.6) is 5.75 Å². The number of hydrazone groups is 1. The Morgan fingerprint density at radius 1 is 1.08 bits per heavy atom. The molecule has 0 fully saturated rings. The number of nitrogens with one attached hydrogen (secondary N) is 2. The second-order valence-electron chi connectivity index (χ2n) is 9.69. The maximum absolute atomic E-state index is 12.5. The van der Waals surface area contributed by atoms with Gasteiger partial charge in [0.05, 0.1) is 35.3 Å². The van der Waals surface area contributed by atoms with Crippen LogP contribution in [0.25, 0.3) is 17.1 Å². The molecule has 3 aromatic carbocycles. The molecule has 0 radical (unpaired) electrons. The van der Waals surface area contributed by atoms with Crippen LogP contribution in [0, 0.1) is 0 Å². The molecule has 0 unspecified atom stereocenters. The Labute approximate surface area is 230 Å². The van der Waals surface area contributed by atoms with Gasteiger partial charge in [-0.15, -0.1) is 5.10 Å². The van der Waals surface area contributed by atoms with Crippen molar-refractivity contribution >= 4 is 29.9 Å². The maximum Gasteiger partial charge on any atom is 0.342 e. The number of aromatic amines is 1. The number of nitrogens with zero attached hydrogens (tertiary/aromatic N) is 3. The van der Waals surface area contributed by atoms with Gasteiger partial charge in [0, 0.05) is 5.56 Å². The fourth-order valence-corrected chi connectivity index (χ4v) is 4.59. The van der Waals surface area contributed by atoms with E-state index < -0.39 is 5.97 Å². The van der Waals surface area contributed by atoms with Crippen LogP contribution in [-0.4, -0.2) is 46.3 Å². The molecule has 1 heterocycles. The summed E-state index contributed by atoms with van der Waals surface area (Å²) in [7, 11) is 1.62. The van der Waals surface area contributed by atoms with E-state index in [1.807, 2.05) is 28.8 Å². The van der Waals surface area contributed by atoms with Gasteiger partial charge in [-0.3, -0.25) is 4.79 Å². The molecule has 0 saturated carbocycles. The summed E-state index contributed by atoms with van der Waals surface area (Å²) in [5.74, 6) is 0.122. The number of ether oxygens (including phenoxy) is 1. The van der Waals surface area contributed by atoms with Crippen LogP contribution < -0.4 is 14.7 Å². The number of amides is 1. The van der Waals surface area contributed by atoms with Crippen molar-refractivity contribution in [2.45, 2.75) is 31.3 Å². The van der Waals surface area contributed by atoms with E-state index in [2.05, 4.69) is 65.8 Å². The van der Waals surface area contributed by atoms with Crippen LogP contribution in [-0.2, 0) is 10.2 Å². The van der Waals surface area contributed by atoms with Crippen LogP contribution in [0.1, 0.15) is 42.3 Å². The summed E-state index contributed by atoms with van der Waals surface area (Å²) in [6.45, 7) is 6.51. The van der Waals surface area contributed by atoms with Gasteiger partial charge in [-0.2, -0.15) is 9.67 Å². The van der Waals surface area contributed by atoms with Gasteiger partial charge in [-0.05, 0) is 65.2 Å². The number of carboxylic acid groups (broad SMARTS) is 1. The van der Waals surface area contributed by atoms with E-state index in [1.165, 1.54) is 29.6 Å². The highest BCUT2D eigenvalue weighted by atomic mass is 32.2. The van der Waals surface area contributed by atoms with Gasteiger partial charge in [-0.25, -0.2) is 10.2 Å². The van der Waals surface area contributed by atoms with Crippen molar-refractivity contribution in [3.63, 3.8) is 0 Å². The fraction of sp³-hybridized carbons (Fsp3) is 0.207. The summed E-state index contributed by atoms with van der Waals surface area (Å²) in [4.78, 5) is 23.9. The van der Waals surface area contributed by atoms with Crippen molar-refractivity contribution in [3.8, 4) is 22.8 Å². The minimum atomic E-state index is -1.07. The molecule has 0 aliphatic rings. The number of methoxy groups -OCH3 is 1. The quantitative estimate of drug-likeness (QED) is 0.123. The molecule has 0 saturated heterocycles. The number of hydrogen-bond acceptors (Lipinski definition) is 6. The van der Waals surface area contributed by atoms with E-state index in [0.29, 0.717) is 10.7 Å². The van der Waals surface area contributed by atoms with Crippen LogP contribution in [0.15, 0.2) is 83.1 Å². The number of benzene rings is 3. The number of carboxylic acids is 1. The molecule has 4 rings (SSSR count). The predicted molar refractivity (Wildman–Crippen MR) is 151 cm³/mol. The average molecular weight is 545 g/mol. The van der Waals surface area contributed by atoms with E-state index in [0.717, 1.165) is 22.8 Å². The lowest BCUT2D eigenvalue weighted by molar-refractivity contribution is -0.625. The number of carbonyl (C=O) groups is 2. The van der Waals surface area contributed by atoms with E-state index >= 15 is 0 Å². The molecule has 0 spiro atoms. The molecule has 10 heteroatoms. The Morgan fingerprint density at radius 3 is 2.41 bits per heavy atom. The molecular formula is C29H30N5O4S+. The number of rotatable bonds is 9. The number of H-pyrrole nitrogens is 1. The minimum absolute atomic E-state index is 0.0328. The first-order chi connectivity index (χ1) is 18.7. The van der Waals surface area contributed by atoms with Crippen molar-refractivity contribution in [2.24, 2.45) is 5.10 Å². The van der Waals surface area contributed by atoms with Gasteiger partial charge in [0.2, 0.25) is 0 Å². The summed E-state index contributed by atoms with van der Waals surface area (Å²) in [5.41, 5.74) is 6.00. The second kappa shape index (κ2) is 12.0. The summed E-state index contributed by atoms with van der Waals surface area (Å²) < 4.78 is 7.26. The lowest BCUT2D eigenvalue weighted by atomic mass is 9.87. The molecule has 39 heavy (non-hydrogen) atoms. The van der Waals surface area contributed by atoms with Crippen molar-refractivity contribution in [1.82, 2.24) is 15.6 Å². The lowest BCUT2D eigenvalue weighted by Crippen LogP contribution is -2.34. The van der Waals surface area contributed by atoms with E-state index in [1.54, 1.807) is 25.3 Å². The monoisotopic (exact) mass is 544 g/mol. The average Bonchev–Trinajstić information content (AvgIpc) is 3.35. The summed E-state index contributed by atoms with van der Waals surface area (Å²) in [6.07, 6.45) is 1.32. The first kappa shape index (κ1) is 27.6. The molecule has 3 N–H and O–H groups in total. The number of carbonyl (C=O) groups excluding carboxylic acids is 1. The summed E-state index contributed by atoms with van der Waals surface area (Å²) >= 11 is 1.25. The van der Waals surface area contributed by atoms with Crippen molar-refractivity contribution < 1.29 is 24.0 Å². The molecular weight excluding hydrogens is 514 g/mol. The molecule has 0 atom stereocenters. The van der Waals surface area contributed by atoms with Gasteiger partial charge < -0.3 is 9.84 Å². The van der Waals surface area contributed by atoms with E-state index in [9.17, 15) is 14.7 Å². The molecule has 0 aliphatic carbocycles. The second-order valence-corrected chi connectivity index (χ2v) is 10.6. The predicted octanol–water partition coefficient (Wildman–Crippen LogP) is 4.60. The largest absolute Gasteiger partial charge is 0.497 e. The van der Waals surface area contributed by atoms with Gasteiger partial charge in [0.1, 0.15) is 11.4 Å². The highest BCUT2D eigenvalue weighted by Crippen LogP contribution is 2.26. The fourth-order valence-electron chi connectivity index (χ4n) is 3.83. The molecule has 1 amide bonds. The zero-order valence-electron chi connectivity index (χ0n) is 22.1. The molecule has 0 bridgehead atoms. The van der Waals surface area contributed by atoms with Crippen LogP contribution >= 0.6 is 11.8 Å². The van der Waals surface area contributed by atoms with Gasteiger partial charge in [0.25, 0.3) is 11.7 Å². The van der Waals surface area contributed by atoms with Crippen LogP contribution in [0.3, 0.4) is 0 Å². The number of aromatic carboxylic acids is 1. The number of aromatic nitrogens is 3. The van der Waals surface area contributed by atoms with Crippen molar-refractivity contribution in [3.05, 3.63) is 89.5 Å². The van der Waals surface area contributed by atoms with Gasteiger partial charge in [-0.1, -0.05) is 51.1 Å². The first-order valence-electron chi connectivity index (χ1n) is 12.2. The Morgan fingerprint density at radius 2 is 1.77 bits per heavy atom. The highest BCUT2D eigenvalue weighted by Gasteiger charge is 2.25.